The van der Waals surface area contributed by atoms with Crippen LogP contribution in [-0.2, 0) is 6.42 Å². The smallest absolute Gasteiger partial charge is 0.254 e. The summed E-state index contributed by atoms with van der Waals surface area (Å²) in [6.45, 7) is 0.463. The topological polar surface area (TPSA) is 20.3 Å². The monoisotopic (exact) mass is 383 g/mol. The van der Waals surface area contributed by atoms with Crippen LogP contribution >= 0.6 is 11.6 Å². The molecule has 1 heterocycles. The van der Waals surface area contributed by atoms with Crippen LogP contribution in [0.2, 0.25) is 5.02 Å². The molecule has 0 radical (unpaired) electrons. The molecule has 1 aliphatic rings. The number of nitrogens with zero attached hydrogens (tertiary/aromatic N) is 1. The average Bonchev–Trinajstić information content (AvgIpc) is 2.69. The maximum Gasteiger partial charge on any atom is 0.254 e. The Balaban J connectivity index is 1.82. The van der Waals surface area contributed by atoms with Gasteiger partial charge in [-0.05, 0) is 47.4 Å². The molecule has 0 aromatic heterocycles. The summed E-state index contributed by atoms with van der Waals surface area (Å²) < 4.78 is 26.9. The van der Waals surface area contributed by atoms with Crippen LogP contribution in [0.5, 0.6) is 0 Å². The fourth-order valence-electron chi connectivity index (χ4n) is 3.61. The van der Waals surface area contributed by atoms with E-state index >= 15 is 0 Å². The lowest BCUT2D eigenvalue weighted by atomic mass is 9.87. The van der Waals surface area contributed by atoms with Gasteiger partial charge in [0.1, 0.15) is 0 Å². The predicted octanol–water partition coefficient (Wildman–Crippen LogP) is 5.41. The summed E-state index contributed by atoms with van der Waals surface area (Å²) in [5.74, 6) is -2.36. The number of fused-ring (bicyclic) bond motifs is 1. The van der Waals surface area contributed by atoms with E-state index in [0.29, 0.717) is 18.0 Å². The van der Waals surface area contributed by atoms with Crippen LogP contribution < -0.4 is 0 Å². The molecule has 4 rings (SSSR count). The Kier molecular flexibility index (Phi) is 4.66. The third-order valence-corrected chi connectivity index (χ3v) is 5.25. The first-order valence-corrected chi connectivity index (χ1v) is 9.02. The molecule has 1 amide bonds. The highest BCUT2D eigenvalue weighted by atomic mass is 35.5. The Hall–Kier alpha value is -2.72. The van der Waals surface area contributed by atoms with Gasteiger partial charge in [0.05, 0.1) is 6.04 Å². The second kappa shape index (κ2) is 7.12. The van der Waals surface area contributed by atoms with Gasteiger partial charge in [-0.2, -0.15) is 0 Å². The fourth-order valence-corrected chi connectivity index (χ4v) is 3.85. The van der Waals surface area contributed by atoms with Crippen molar-refractivity contribution in [2.24, 2.45) is 0 Å². The van der Waals surface area contributed by atoms with Crippen molar-refractivity contribution in [2.45, 2.75) is 12.5 Å². The summed E-state index contributed by atoms with van der Waals surface area (Å²) in [5, 5.41) is 0.558. The molecule has 136 valence electrons. The molecule has 2 nitrogen and oxygen atoms in total. The standard InChI is InChI=1S/C22H16ClF2NO/c23-18-8-4-3-7-17(18)21-16-6-2-1-5-14(16)11-12-26(21)22(27)15-9-10-19(24)20(25)13-15/h1-10,13,21H,11-12H2/t21-/m1/s1. The summed E-state index contributed by atoms with van der Waals surface area (Å²) in [4.78, 5) is 14.8. The lowest BCUT2D eigenvalue weighted by Crippen LogP contribution is -2.40. The fraction of sp³-hybridized carbons (Fsp3) is 0.136. The Morgan fingerprint density at radius 2 is 1.63 bits per heavy atom. The highest BCUT2D eigenvalue weighted by Crippen LogP contribution is 2.38. The van der Waals surface area contributed by atoms with Gasteiger partial charge >= 0.3 is 0 Å². The molecule has 0 fully saturated rings. The van der Waals surface area contributed by atoms with Crippen LogP contribution in [0.15, 0.2) is 66.7 Å². The van der Waals surface area contributed by atoms with Crippen molar-refractivity contribution in [1.82, 2.24) is 4.90 Å². The van der Waals surface area contributed by atoms with Gasteiger partial charge in [-0.3, -0.25) is 4.79 Å². The molecule has 0 unspecified atom stereocenters. The minimum Gasteiger partial charge on any atom is -0.327 e. The number of amides is 1. The van der Waals surface area contributed by atoms with E-state index in [0.717, 1.165) is 28.8 Å². The normalized spacial score (nSPS) is 16.1. The molecule has 0 saturated heterocycles. The zero-order valence-corrected chi connectivity index (χ0v) is 15.1. The van der Waals surface area contributed by atoms with Gasteiger partial charge < -0.3 is 4.90 Å². The minimum atomic E-state index is -1.03. The van der Waals surface area contributed by atoms with Crippen molar-refractivity contribution in [1.29, 1.82) is 0 Å². The summed E-state index contributed by atoms with van der Waals surface area (Å²) >= 11 is 6.44. The third kappa shape index (κ3) is 3.21. The molecule has 1 aliphatic heterocycles. The molecule has 5 heteroatoms. The van der Waals surface area contributed by atoms with E-state index in [4.69, 9.17) is 11.6 Å². The van der Waals surface area contributed by atoms with E-state index in [1.165, 1.54) is 6.07 Å². The zero-order valence-electron chi connectivity index (χ0n) is 14.3. The Morgan fingerprint density at radius 3 is 2.37 bits per heavy atom. The minimum absolute atomic E-state index is 0.116. The molecule has 0 saturated carbocycles. The van der Waals surface area contributed by atoms with E-state index in [1.807, 2.05) is 42.5 Å². The van der Waals surface area contributed by atoms with Gasteiger partial charge in [0.15, 0.2) is 11.6 Å². The van der Waals surface area contributed by atoms with Gasteiger partial charge in [-0.1, -0.05) is 54.1 Å². The average molecular weight is 384 g/mol. The van der Waals surface area contributed by atoms with Gasteiger partial charge in [-0.25, -0.2) is 8.78 Å². The quantitative estimate of drug-likeness (QED) is 0.579. The van der Waals surface area contributed by atoms with Gasteiger partial charge in [0.25, 0.3) is 5.91 Å². The SMILES string of the molecule is O=C(c1ccc(F)c(F)c1)N1CCc2ccccc2[C@@H]1c1ccccc1Cl. The summed E-state index contributed by atoms with van der Waals surface area (Å²) in [7, 11) is 0. The second-order valence-electron chi connectivity index (χ2n) is 6.50. The van der Waals surface area contributed by atoms with Crippen molar-refractivity contribution in [2.75, 3.05) is 6.54 Å². The number of benzene rings is 3. The van der Waals surface area contributed by atoms with Crippen LogP contribution in [0.25, 0.3) is 0 Å². The van der Waals surface area contributed by atoms with Crippen molar-refractivity contribution < 1.29 is 13.6 Å². The molecule has 0 bridgehead atoms. The van der Waals surface area contributed by atoms with E-state index < -0.39 is 11.6 Å². The number of carbonyl (C=O) groups is 1. The number of hydrogen-bond acceptors (Lipinski definition) is 1. The first-order valence-electron chi connectivity index (χ1n) is 8.64. The molecular formula is C22H16ClF2NO. The van der Waals surface area contributed by atoms with E-state index in [1.54, 1.807) is 11.0 Å². The van der Waals surface area contributed by atoms with Gasteiger partial charge in [-0.15, -0.1) is 0 Å². The highest BCUT2D eigenvalue weighted by molar-refractivity contribution is 6.31. The Labute approximate surface area is 161 Å². The summed E-state index contributed by atoms with van der Waals surface area (Å²) in [5.41, 5.74) is 3.07. The van der Waals surface area contributed by atoms with Gasteiger partial charge in [0.2, 0.25) is 0 Å². The Morgan fingerprint density at radius 1 is 0.926 bits per heavy atom. The van der Waals surface area contributed by atoms with Crippen molar-refractivity contribution in [3.63, 3.8) is 0 Å². The summed E-state index contributed by atoms with van der Waals surface area (Å²) in [6, 6.07) is 18.1. The summed E-state index contributed by atoms with van der Waals surface area (Å²) in [6.07, 6.45) is 0.687. The zero-order chi connectivity index (χ0) is 19.0. The molecule has 3 aromatic carbocycles. The molecule has 27 heavy (non-hydrogen) atoms. The number of rotatable bonds is 2. The first-order chi connectivity index (χ1) is 13.1. The lowest BCUT2D eigenvalue weighted by Gasteiger charge is -2.38. The number of halogens is 3. The second-order valence-corrected chi connectivity index (χ2v) is 6.91. The molecule has 0 spiro atoms. The maximum atomic E-state index is 13.7. The highest BCUT2D eigenvalue weighted by Gasteiger charge is 2.33. The predicted molar refractivity (Wildman–Crippen MR) is 101 cm³/mol. The Bertz CT molecular complexity index is 1020. The number of hydrogen-bond donors (Lipinski definition) is 0. The third-order valence-electron chi connectivity index (χ3n) is 4.91. The van der Waals surface area contributed by atoms with Crippen molar-refractivity contribution >= 4 is 17.5 Å². The first kappa shape index (κ1) is 17.7. The van der Waals surface area contributed by atoms with Crippen molar-refractivity contribution in [3.05, 3.63) is 106 Å². The number of carbonyl (C=O) groups excluding carboxylic acids is 1. The lowest BCUT2D eigenvalue weighted by molar-refractivity contribution is 0.0694. The molecule has 0 aliphatic carbocycles. The van der Waals surface area contributed by atoms with Crippen molar-refractivity contribution in [3.8, 4) is 0 Å². The van der Waals surface area contributed by atoms with E-state index in [2.05, 4.69) is 0 Å². The largest absolute Gasteiger partial charge is 0.327 e. The molecular weight excluding hydrogens is 368 g/mol. The molecule has 3 aromatic rings. The molecule has 1 atom stereocenters. The van der Waals surface area contributed by atoms with E-state index in [-0.39, 0.29) is 17.5 Å². The molecule has 0 N–H and O–H groups in total. The van der Waals surface area contributed by atoms with Crippen LogP contribution in [0.3, 0.4) is 0 Å². The van der Waals surface area contributed by atoms with Crippen LogP contribution in [0, 0.1) is 11.6 Å². The van der Waals surface area contributed by atoms with Crippen LogP contribution in [0.4, 0.5) is 8.78 Å². The van der Waals surface area contributed by atoms with Crippen LogP contribution in [-0.4, -0.2) is 17.4 Å². The van der Waals surface area contributed by atoms with E-state index in [9.17, 15) is 13.6 Å². The van der Waals surface area contributed by atoms with Crippen LogP contribution in [0.1, 0.15) is 33.1 Å². The van der Waals surface area contributed by atoms with Gasteiger partial charge in [0, 0.05) is 17.1 Å². The maximum absolute atomic E-state index is 13.7.